The minimum absolute atomic E-state index is 0.0950. The summed E-state index contributed by atoms with van der Waals surface area (Å²) in [5.74, 6) is 1.70. The average molecular weight is 446 g/mol. The lowest BCUT2D eigenvalue weighted by molar-refractivity contribution is 0.406. The molecule has 158 valence electrons. The fraction of sp³-hybridized carbons (Fsp3) is 0.217. The zero-order chi connectivity index (χ0) is 21.9. The molecule has 5 nitrogen and oxygen atoms in total. The topological polar surface area (TPSA) is 64.6 Å². The molecule has 3 aromatic carbocycles. The number of anilines is 1. The van der Waals surface area contributed by atoms with Gasteiger partial charge >= 0.3 is 0 Å². The first-order valence-corrected chi connectivity index (χ1v) is 11.3. The molecule has 3 aromatic rings. The van der Waals surface area contributed by atoms with Crippen LogP contribution >= 0.6 is 11.6 Å². The molecular formula is C23H24ClNO4S. The van der Waals surface area contributed by atoms with Gasteiger partial charge in [-0.1, -0.05) is 43.6 Å². The third-order valence-corrected chi connectivity index (χ3v) is 6.34. The van der Waals surface area contributed by atoms with Gasteiger partial charge in [-0.15, -0.1) is 0 Å². The summed E-state index contributed by atoms with van der Waals surface area (Å²) < 4.78 is 40.4. The van der Waals surface area contributed by atoms with Crippen LogP contribution in [0.15, 0.2) is 65.6 Å². The Balaban J connectivity index is 2.02. The average Bonchev–Trinajstić information content (AvgIpc) is 2.69. The van der Waals surface area contributed by atoms with Crippen LogP contribution in [0.4, 0.5) is 5.69 Å². The van der Waals surface area contributed by atoms with Gasteiger partial charge in [0.05, 0.1) is 17.7 Å². The molecule has 0 fully saturated rings. The number of hydrogen-bond acceptors (Lipinski definition) is 4. The van der Waals surface area contributed by atoms with Gasteiger partial charge in [-0.05, 0) is 66.4 Å². The highest BCUT2D eigenvalue weighted by Gasteiger charge is 2.23. The largest absolute Gasteiger partial charge is 0.496 e. The van der Waals surface area contributed by atoms with Crippen LogP contribution in [0.25, 0.3) is 0 Å². The molecule has 0 saturated heterocycles. The van der Waals surface area contributed by atoms with Crippen molar-refractivity contribution in [3.63, 3.8) is 0 Å². The fourth-order valence-corrected chi connectivity index (χ4v) is 4.58. The molecule has 0 spiro atoms. The van der Waals surface area contributed by atoms with Crippen molar-refractivity contribution in [1.82, 2.24) is 0 Å². The Bertz CT molecular complexity index is 1150. The van der Waals surface area contributed by atoms with Gasteiger partial charge in [0.2, 0.25) is 0 Å². The lowest BCUT2D eigenvalue weighted by Gasteiger charge is -2.18. The molecule has 0 amide bonds. The Labute approximate surface area is 182 Å². The Morgan fingerprint density at radius 2 is 1.67 bits per heavy atom. The van der Waals surface area contributed by atoms with E-state index in [2.05, 4.69) is 4.72 Å². The van der Waals surface area contributed by atoms with Gasteiger partial charge in [0, 0.05) is 5.02 Å². The SMILES string of the molecule is COc1cc(C)c(S(=O)(=O)Nc2cc(Cl)ccc2Oc2ccccc2)cc1C(C)C. The van der Waals surface area contributed by atoms with Crippen LogP contribution in [-0.4, -0.2) is 15.5 Å². The van der Waals surface area contributed by atoms with Crippen molar-refractivity contribution >= 4 is 27.3 Å². The Morgan fingerprint density at radius 1 is 0.967 bits per heavy atom. The van der Waals surface area contributed by atoms with Crippen LogP contribution in [0, 0.1) is 6.92 Å². The van der Waals surface area contributed by atoms with Crippen LogP contribution in [-0.2, 0) is 10.0 Å². The third kappa shape index (κ3) is 4.89. The minimum Gasteiger partial charge on any atom is -0.496 e. The van der Waals surface area contributed by atoms with Crippen molar-refractivity contribution in [2.45, 2.75) is 31.6 Å². The van der Waals surface area contributed by atoms with Crippen molar-refractivity contribution in [3.05, 3.63) is 76.8 Å². The Morgan fingerprint density at radius 3 is 2.30 bits per heavy atom. The Hall–Kier alpha value is -2.70. The number of ether oxygens (including phenoxy) is 2. The molecule has 0 radical (unpaired) electrons. The van der Waals surface area contributed by atoms with Crippen LogP contribution in [0.2, 0.25) is 5.02 Å². The molecule has 0 unspecified atom stereocenters. The number of rotatable bonds is 7. The number of sulfonamides is 1. The molecule has 1 N–H and O–H groups in total. The molecule has 7 heteroatoms. The maximum Gasteiger partial charge on any atom is 0.262 e. The van der Waals surface area contributed by atoms with E-state index in [1.54, 1.807) is 50.4 Å². The second kappa shape index (κ2) is 8.98. The molecule has 3 rings (SSSR count). The monoisotopic (exact) mass is 445 g/mol. The number of para-hydroxylation sites is 1. The minimum atomic E-state index is -3.90. The zero-order valence-corrected chi connectivity index (χ0v) is 18.8. The predicted octanol–water partition coefficient (Wildman–Crippen LogP) is 6.37. The summed E-state index contributed by atoms with van der Waals surface area (Å²) in [7, 11) is -2.33. The van der Waals surface area contributed by atoms with E-state index < -0.39 is 10.0 Å². The van der Waals surface area contributed by atoms with E-state index in [0.717, 1.165) is 5.56 Å². The number of benzene rings is 3. The first-order valence-electron chi connectivity index (χ1n) is 9.45. The van der Waals surface area contributed by atoms with E-state index in [1.165, 1.54) is 6.07 Å². The lowest BCUT2D eigenvalue weighted by atomic mass is 10.0. The van der Waals surface area contributed by atoms with E-state index in [4.69, 9.17) is 21.1 Å². The molecule has 30 heavy (non-hydrogen) atoms. The van der Waals surface area contributed by atoms with E-state index in [-0.39, 0.29) is 16.5 Å². The molecular weight excluding hydrogens is 422 g/mol. The van der Waals surface area contributed by atoms with Crippen molar-refractivity contribution in [2.24, 2.45) is 0 Å². The maximum absolute atomic E-state index is 13.3. The van der Waals surface area contributed by atoms with E-state index in [1.807, 2.05) is 32.0 Å². The van der Waals surface area contributed by atoms with Crippen molar-refractivity contribution < 1.29 is 17.9 Å². The first kappa shape index (κ1) is 22.0. The van der Waals surface area contributed by atoms with Gasteiger partial charge in [-0.2, -0.15) is 0 Å². The summed E-state index contributed by atoms with van der Waals surface area (Å²) in [4.78, 5) is 0.178. The highest BCUT2D eigenvalue weighted by molar-refractivity contribution is 7.92. The second-order valence-corrected chi connectivity index (χ2v) is 9.26. The first-order chi connectivity index (χ1) is 14.2. The van der Waals surface area contributed by atoms with Gasteiger partial charge in [-0.25, -0.2) is 8.42 Å². The van der Waals surface area contributed by atoms with E-state index in [9.17, 15) is 8.42 Å². The Kier molecular flexibility index (Phi) is 6.58. The second-order valence-electron chi connectivity index (χ2n) is 7.18. The number of nitrogens with one attached hydrogen (secondary N) is 1. The molecule has 0 atom stereocenters. The molecule has 0 bridgehead atoms. The molecule has 0 aliphatic carbocycles. The predicted molar refractivity (Wildman–Crippen MR) is 121 cm³/mol. The molecule has 0 saturated carbocycles. The summed E-state index contributed by atoms with van der Waals surface area (Å²) >= 11 is 6.13. The van der Waals surface area contributed by atoms with Crippen LogP contribution in [0.3, 0.4) is 0 Å². The molecule has 0 aromatic heterocycles. The summed E-state index contributed by atoms with van der Waals surface area (Å²) in [6.45, 7) is 5.71. The third-order valence-electron chi connectivity index (χ3n) is 4.60. The van der Waals surface area contributed by atoms with Gasteiger partial charge in [0.1, 0.15) is 11.5 Å². The summed E-state index contributed by atoms with van der Waals surface area (Å²) in [6, 6.07) is 17.3. The molecule has 0 aliphatic heterocycles. The highest BCUT2D eigenvalue weighted by Crippen LogP contribution is 2.36. The number of methoxy groups -OCH3 is 1. The molecule has 0 heterocycles. The summed E-state index contributed by atoms with van der Waals surface area (Å²) in [6.07, 6.45) is 0. The number of aryl methyl sites for hydroxylation is 1. The summed E-state index contributed by atoms with van der Waals surface area (Å²) in [5.41, 5.74) is 1.65. The van der Waals surface area contributed by atoms with Crippen molar-refractivity contribution in [3.8, 4) is 17.2 Å². The maximum atomic E-state index is 13.3. The quantitative estimate of drug-likeness (QED) is 0.458. The zero-order valence-electron chi connectivity index (χ0n) is 17.3. The summed E-state index contributed by atoms with van der Waals surface area (Å²) in [5, 5.41) is 0.391. The van der Waals surface area contributed by atoms with Gasteiger partial charge in [-0.3, -0.25) is 4.72 Å². The van der Waals surface area contributed by atoms with Gasteiger partial charge < -0.3 is 9.47 Å². The molecule has 0 aliphatic rings. The van der Waals surface area contributed by atoms with Crippen LogP contribution in [0.1, 0.15) is 30.9 Å². The lowest BCUT2D eigenvalue weighted by Crippen LogP contribution is -2.15. The standard InChI is InChI=1S/C23H24ClNO4S/c1-15(2)19-14-23(16(3)12-22(19)28-4)30(26,27)25-20-13-17(24)10-11-21(20)29-18-8-6-5-7-9-18/h5-15,25H,1-4H3. The smallest absolute Gasteiger partial charge is 0.262 e. The normalized spacial score (nSPS) is 11.4. The van der Waals surface area contributed by atoms with Crippen LogP contribution < -0.4 is 14.2 Å². The van der Waals surface area contributed by atoms with E-state index in [0.29, 0.717) is 27.8 Å². The number of halogens is 1. The highest BCUT2D eigenvalue weighted by atomic mass is 35.5. The van der Waals surface area contributed by atoms with Crippen LogP contribution in [0.5, 0.6) is 17.2 Å². The fourth-order valence-electron chi connectivity index (χ4n) is 3.08. The van der Waals surface area contributed by atoms with Gasteiger partial charge in [0.25, 0.3) is 10.0 Å². The number of hydrogen-bond donors (Lipinski definition) is 1. The van der Waals surface area contributed by atoms with Gasteiger partial charge in [0.15, 0.2) is 5.75 Å². The van der Waals surface area contributed by atoms with E-state index >= 15 is 0 Å². The van der Waals surface area contributed by atoms with Crippen molar-refractivity contribution in [2.75, 3.05) is 11.8 Å². The van der Waals surface area contributed by atoms with Crippen molar-refractivity contribution in [1.29, 1.82) is 0 Å².